The lowest BCUT2D eigenvalue weighted by atomic mass is 10.2. The molecule has 1 heterocycles. The average molecular weight is 318 g/mol. The van der Waals surface area contributed by atoms with Crippen LogP contribution in [0.3, 0.4) is 0 Å². The Morgan fingerprint density at radius 3 is 2.89 bits per heavy atom. The third-order valence-corrected chi connectivity index (χ3v) is 3.78. The molecular formula is C11H13BrFN3O2. The van der Waals surface area contributed by atoms with E-state index in [0.29, 0.717) is 5.69 Å². The molecule has 0 aliphatic carbocycles. The van der Waals surface area contributed by atoms with E-state index < -0.39 is 10.7 Å². The number of benzene rings is 1. The van der Waals surface area contributed by atoms with Gasteiger partial charge in [0.05, 0.1) is 15.5 Å². The Morgan fingerprint density at radius 1 is 1.61 bits per heavy atom. The van der Waals surface area contributed by atoms with Crippen molar-refractivity contribution < 1.29 is 9.31 Å². The summed E-state index contributed by atoms with van der Waals surface area (Å²) in [5.74, 6) is -0.622. The summed E-state index contributed by atoms with van der Waals surface area (Å²) in [7, 11) is 1.80. The second-order valence-electron chi connectivity index (χ2n) is 4.27. The quantitative estimate of drug-likeness (QED) is 0.686. The molecule has 1 N–H and O–H groups in total. The second-order valence-corrected chi connectivity index (χ2v) is 5.12. The number of rotatable bonds is 3. The van der Waals surface area contributed by atoms with Crippen LogP contribution in [0.25, 0.3) is 0 Å². The van der Waals surface area contributed by atoms with Gasteiger partial charge in [0.1, 0.15) is 11.5 Å². The summed E-state index contributed by atoms with van der Waals surface area (Å²) in [5, 5.41) is 14.2. The van der Waals surface area contributed by atoms with Gasteiger partial charge in [-0.1, -0.05) is 0 Å². The summed E-state index contributed by atoms with van der Waals surface area (Å²) in [6, 6.07) is 2.62. The van der Waals surface area contributed by atoms with Crippen molar-refractivity contribution in [3.63, 3.8) is 0 Å². The summed E-state index contributed by atoms with van der Waals surface area (Å²) in [6.07, 6.45) is 0.919. The number of hydrogen-bond donors (Lipinski definition) is 1. The molecule has 1 aromatic rings. The van der Waals surface area contributed by atoms with Crippen molar-refractivity contribution in [1.82, 2.24) is 5.32 Å². The van der Waals surface area contributed by atoms with Gasteiger partial charge >= 0.3 is 0 Å². The van der Waals surface area contributed by atoms with Crippen LogP contribution in [0, 0.1) is 15.9 Å². The van der Waals surface area contributed by atoms with Gasteiger partial charge in [-0.15, -0.1) is 0 Å². The molecule has 0 radical (unpaired) electrons. The SMILES string of the molecule is CN(c1cc(Br)c(F)cc1[N+](=O)[O-])C1CCNC1. The minimum absolute atomic E-state index is 0.195. The molecule has 7 heteroatoms. The van der Waals surface area contributed by atoms with Crippen molar-refractivity contribution in [3.05, 3.63) is 32.5 Å². The maximum absolute atomic E-state index is 13.4. The Labute approximate surface area is 112 Å². The van der Waals surface area contributed by atoms with Gasteiger partial charge in [0.25, 0.3) is 5.69 Å². The highest BCUT2D eigenvalue weighted by atomic mass is 79.9. The summed E-state index contributed by atoms with van der Waals surface area (Å²) >= 11 is 3.07. The maximum Gasteiger partial charge on any atom is 0.295 e. The molecule has 0 amide bonds. The van der Waals surface area contributed by atoms with Crippen LogP contribution in [0.15, 0.2) is 16.6 Å². The highest BCUT2D eigenvalue weighted by molar-refractivity contribution is 9.10. The van der Waals surface area contributed by atoms with Gasteiger partial charge in [-0.2, -0.15) is 0 Å². The molecule has 2 rings (SSSR count). The molecule has 0 saturated carbocycles. The standard InChI is InChI=1S/C11H13BrFN3O2/c1-15(7-2-3-14-6-7)10-4-8(12)9(13)5-11(10)16(17)18/h4-5,7,14H,2-3,6H2,1H3. The number of hydrogen-bond acceptors (Lipinski definition) is 4. The molecule has 1 fully saturated rings. The van der Waals surface area contributed by atoms with E-state index in [1.54, 1.807) is 7.05 Å². The van der Waals surface area contributed by atoms with E-state index in [9.17, 15) is 14.5 Å². The Bertz CT molecular complexity index is 478. The number of nitro benzene ring substituents is 1. The normalized spacial score (nSPS) is 18.9. The zero-order valence-electron chi connectivity index (χ0n) is 9.82. The summed E-state index contributed by atoms with van der Waals surface area (Å²) in [5.41, 5.74) is 0.229. The van der Waals surface area contributed by atoms with Gasteiger partial charge in [0.2, 0.25) is 0 Å². The molecule has 98 valence electrons. The van der Waals surface area contributed by atoms with Gasteiger partial charge in [-0.05, 0) is 35.0 Å². The lowest BCUT2D eigenvalue weighted by Gasteiger charge is -2.25. The fourth-order valence-corrected chi connectivity index (χ4v) is 2.45. The summed E-state index contributed by atoms with van der Waals surface area (Å²) in [6.45, 7) is 1.67. The summed E-state index contributed by atoms with van der Waals surface area (Å²) in [4.78, 5) is 12.3. The number of nitro groups is 1. The molecule has 1 saturated heterocycles. The number of nitrogens with one attached hydrogen (secondary N) is 1. The van der Waals surface area contributed by atoms with Crippen molar-refractivity contribution in [2.75, 3.05) is 25.0 Å². The van der Waals surface area contributed by atoms with Gasteiger partial charge < -0.3 is 10.2 Å². The number of halogens is 2. The lowest BCUT2D eigenvalue weighted by molar-refractivity contribution is -0.384. The molecule has 0 aromatic heterocycles. The van der Waals surface area contributed by atoms with Crippen molar-refractivity contribution in [3.8, 4) is 0 Å². The first-order chi connectivity index (χ1) is 8.50. The molecule has 1 aliphatic heterocycles. The molecule has 18 heavy (non-hydrogen) atoms. The van der Waals surface area contributed by atoms with Crippen molar-refractivity contribution in [2.24, 2.45) is 0 Å². The predicted molar refractivity (Wildman–Crippen MR) is 70.4 cm³/mol. The third-order valence-electron chi connectivity index (χ3n) is 3.18. The third kappa shape index (κ3) is 2.46. The largest absolute Gasteiger partial charge is 0.365 e. The molecule has 0 spiro atoms. The molecule has 0 bridgehead atoms. The number of nitrogens with zero attached hydrogens (tertiary/aromatic N) is 2. The maximum atomic E-state index is 13.4. The van der Waals surface area contributed by atoms with Crippen LogP contribution in [0.2, 0.25) is 0 Å². The average Bonchev–Trinajstić information content (AvgIpc) is 2.84. The van der Waals surface area contributed by atoms with E-state index in [1.807, 2.05) is 4.90 Å². The highest BCUT2D eigenvalue weighted by Crippen LogP contribution is 2.34. The van der Waals surface area contributed by atoms with Crippen LogP contribution >= 0.6 is 15.9 Å². The van der Waals surface area contributed by atoms with Crippen LogP contribution < -0.4 is 10.2 Å². The lowest BCUT2D eigenvalue weighted by Crippen LogP contribution is -2.33. The Hall–Kier alpha value is -1.21. The molecule has 1 atom stereocenters. The second kappa shape index (κ2) is 5.19. The zero-order chi connectivity index (χ0) is 13.3. The topological polar surface area (TPSA) is 58.4 Å². The predicted octanol–water partition coefficient (Wildman–Crippen LogP) is 2.29. The van der Waals surface area contributed by atoms with Crippen LogP contribution in [0.5, 0.6) is 0 Å². The van der Waals surface area contributed by atoms with Gasteiger partial charge in [0, 0.05) is 19.6 Å². The Kier molecular flexibility index (Phi) is 3.82. The molecule has 1 unspecified atom stereocenters. The zero-order valence-corrected chi connectivity index (χ0v) is 11.4. The van der Waals surface area contributed by atoms with Gasteiger partial charge in [0.15, 0.2) is 0 Å². The van der Waals surface area contributed by atoms with E-state index >= 15 is 0 Å². The minimum atomic E-state index is -0.622. The Morgan fingerprint density at radius 2 is 2.33 bits per heavy atom. The Balaban J connectivity index is 2.41. The molecule has 1 aromatic carbocycles. The van der Waals surface area contributed by atoms with Crippen molar-refractivity contribution in [2.45, 2.75) is 12.5 Å². The van der Waals surface area contributed by atoms with E-state index in [-0.39, 0.29) is 16.2 Å². The highest BCUT2D eigenvalue weighted by Gasteiger charge is 2.26. The molecule has 1 aliphatic rings. The van der Waals surface area contributed by atoms with Gasteiger partial charge in [-0.3, -0.25) is 10.1 Å². The number of anilines is 1. The monoisotopic (exact) mass is 317 g/mol. The van der Waals surface area contributed by atoms with Crippen LogP contribution in [0.4, 0.5) is 15.8 Å². The van der Waals surface area contributed by atoms with E-state index in [0.717, 1.165) is 25.6 Å². The first-order valence-corrected chi connectivity index (χ1v) is 6.37. The van der Waals surface area contributed by atoms with Crippen LogP contribution in [0.1, 0.15) is 6.42 Å². The van der Waals surface area contributed by atoms with Gasteiger partial charge in [-0.25, -0.2) is 4.39 Å². The fourth-order valence-electron chi connectivity index (χ4n) is 2.12. The van der Waals surface area contributed by atoms with E-state index in [4.69, 9.17) is 0 Å². The molecular weight excluding hydrogens is 305 g/mol. The minimum Gasteiger partial charge on any atom is -0.365 e. The van der Waals surface area contributed by atoms with E-state index in [2.05, 4.69) is 21.2 Å². The smallest absolute Gasteiger partial charge is 0.295 e. The first-order valence-electron chi connectivity index (χ1n) is 5.57. The number of likely N-dealkylation sites (N-methyl/N-ethyl adjacent to an activating group) is 1. The molecule has 5 nitrogen and oxygen atoms in total. The van der Waals surface area contributed by atoms with Crippen molar-refractivity contribution in [1.29, 1.82) is 0 Å². The van der Waals surface area contributed by atoms with E-state index in [1.165, 1.54) is 6.07 Å². The van der Waals surface area contributed by atoms with Crippen LogP contribution in [-0.4, -0.2) is 31.1 Å². The summed E-state index contributed by atoms with van der Waals surface area (Å²) < 4.78 is 13.6. The van der Waals surface area contributed by atoms with Crippen LogP contribution in [-0.2, 0) is 0 Å². The first kappa shape index (κ1) is 13.2. The van der Waals surface area contributed by atoms with Crippen molar-refractivity contribution >= 4 is 27.3 Å². The fraction of sp³-hybridized carbons (Fsp3) is 0.455.